The molecule has 1 heterocycles. The Kier molecular flexibility index (Phi) is 3.52. The number of hydrogen-bond acceptors (Lipinski definition) is 1. The van der Waals surface area contributed by atoms with Crippen LogP contribution < -0.4 is 4.74 Å². The number of aromatic nitrogens is 1. The zero-order valence-corrected chi connectivity index (χ0v) is 10.7. The lowest BCUT2D eigenvalue weighted by Gasteiger charge is -2.11. The SMILES string of the molecule is Cc1cccc(OCCn2c(C)ccc2C)c1. The maximum Gasteiger partial charge on any atom is 0.119 e. The quantitative estimate of drug-likeness (QED) is 0.782. The highest BCUT2D eigenvalue weighted by atomic mass is 16.5. The average molecular weight is 229 g/mol. The van der Waals surface area contributed by atoms with Gasteiger partial charge in [0.15, 0.2) is 0 Å². The highest BCUT2D eigenvalue weighted by Gasteiger charge is 2.00. The van der Waals surface area contributed by atoms with Crippen molar-refractivity contribution in [1.29, 1.82) is 0 Å². The molecule has 0 radical (unpaired) electrons. The van der Waals surface area contributed by atoms with E-state index < -0.39 is 0 Å². The van der Waals surface area contributed by atoms with Crippen LogP contribution in [0.5, 0.6) is 5.75 Å². The van der Waals surface area contributed by atoms with Crippen LogP contribution in [0.1, 0.15) is 17.0 Å². The van der Waals surface area contributed by atoms with Gasteiger partial charge < -0.3 is 9.30 Å². The van der Waals surface area contributed by atoms with Crippen LogP contribution in [0, 0.1) is 20.8 Å². The molecule has 1 aromatic carbocycles. The van der Waals surface area contributed by atoms with Gasteiger partial charge in [0.25, 0.3) is 0 Å². The van der Waals surface area contributed by atoms with Crippen molar-refractivity contribution in [3.8, 4) is 5.75 Å². The number of benzene rings is 1. The largest absolute Gasteiger partial charge is 0.492 e. The van der Waals surface area contributed by atoms with Crippen molar-refractivity contribution in [2.24, 2.45) is 0 Å². The average Bonchev–Trinajstić information content (AvgIpc) is 2.61. The molecule has 90 valence electrons. The summed E-state index contributed by atoms with van der Waals surface area (Å²) in [6.45, 7) is 7.94. The summed E-state index contributed by atoms with van der Waals surface area (Å²) in [6, 6.07) is 12.5. The van der Waals surface area contributed by atoms with E-state index in [1.54, 1.807) is 0 Å². The highest BCUT2D eigenvalue weighted by molar-refractivity contribution is 5.27. The summed E-state index contributed by atoms with van der Waals surface area (Å²) in [5, 5.41) is 0. The van der Waals surface area contributed by atoms with Crippen molar-refractivity contribution in [3.63, 3.8) is 0 Å². The Labute approximate surface area is 103 Å². The Balaban J connectivity index is 1.92. The Morgan fingerprint density at radius 2 is 1.71 bits per heavy atom. The molecule has 0 unspecified atom stereocenters. The van der Waals surface area contributed by atoms with E-state index in [0.717, 1.165) is 12.3 Å². The molecule has 0 aliphatic carbocycles. The van der Waals surface area contributed by atoms with Crippen LogP contribution in [0.2, 0.25) is 0 Å². The minimum atomic E-state index is 0.708. The molecule has 0 aliphatic heterocycles. The third-order valence-electron chi connectivity index (χ3n) is 2.99. The van der Waals surface area contributed by atoms with E-state index in [9.17, 15) is 0 Å². The first-order valence-electron chi connectivity index (χ1n) is 5.99. The third kappa shape index (κ3) is 2.90. The van der Waals surface area contributed by atoms with Gasteiger partial charge in [-0.1, -0.05) is 12.1 Å². The van der Waals surface area contributed by atoms with E-state index in [4.69, 9.17) is 4.74 Å². The van der Waals surface area contributed by atoms with Gasteiger partial charge in [0.2, 0.25) is 0 Å². The lowest BCUT2D eigenvalue weighted by Crippen LogP contribution is -2.10. The summed E-state index contributed by atoms with van der Waals surface area (Å²) in [5.74, 6) is 0.951. The predicted octanol–water partition coefficient (Wildman–Crippen LogP) is 3.49. The first kappa shape index (κ1) is 11.8. The number of nitrogens with zero attached hydrogens (tertiary/aromatic N) is 1. The molecule has 2 rings (SSSR count). The van der Waals surface area contributed by atoms with Gasteiger partial charge in [-0.25, -0.2) is 0 Å². The Bertz CT molecular complexity index is 480. The first-order valence-corrected chi connectivity index (χ1v) is 5.99. The molecule has 0 atom stereocenters. The fourth-order valence-electron chi connectivity index (χ4n) is 2.01. The van der Waals surface area contributed by atoms with Crippen LogP contribution in [0.3, 0.4) is 0 Å². The maximum absolute atomic E-state index is 5.75. The summed E-state index contributed by atoms with van der Waals surface area (Å²) in [4.78, 5) is 0. The van der Waals surface area contributed by atoms with Gasteiger partial charge in [0.05, 0.1) is 6.54 Å². The Hall–Kier alpha value is -1.70. The van der Waals surface area contributed by atoms with Crippen molar-refractivity contribution in [3.05, 3.63) is 53.3 Å². The molecule has 0 N–H and O–H groups in total. The number of aryl methyl sites for hydroxylation is 3. The van der Waals surface area contributed by atoms with Crippen molar-refractivity contribution in [2.75, 3.05) is 6.61 Å². The Morgan fingerprint density at radius 1 is 1.00 bits per heavy atom. The van der Waals surface area contributed by atoms with Gasteiger partial charge >= 0.3 is 0 Å². The van der Waals surface area contributed by atoms with E-state index in [2.05, 4.69) is 49.6 Å². The molecule has 0 amide bonds. The zero-order chi connectivity index (χ0) is 12.3. The fourth-order valence-corrected chi connectivity index (χ4v) is 2.01. The number of ether oxygens (including phenoxy) is 1. The van der Waals surface area contributed by atoms with Crippen molar-refractivity contribution < 1.29 is 4.74 Å². The minimum absolute atomic E-state index is 0.708. The molecule has 0 bridgehead atoms. The standard InChI is InChI=1S/C15H19NO/c1-12-5-4-6-15(11-12)17-10-9-16-13(2)7-8-14(16)3/h4-8,11H,9-10H2,1-3H3. The van der Waals surface area contributed by atoms with Crippen LogP contribution in [0.15, 0.2) is 36.4 Å². The van der Waals surface area contributed by atoms with E-state index in [1.165, 1.54) is 17.0 Å². The van der Waals surface area contributed by atoms with E-state index in [1.807, 2.05) is 12.1 Å². The molecule has 0 saturated heterocycles. The first-order chi connectivity index (χ1) is 8.16. The molecule has 0 fully saturated rings. The molecular formula is C15H19NO. The second-order valence-corrected chi connectivity index (χ2v) is 4.43. The van der Waals surface area contributed by atoms with Gasteiger partial charge in [0, 0.05) is 11.4 Å². The van der Waals surface area contributed by atoms with Crippen LogP contribution >= 0.6 is 0 Å². The monoisotopic (exact) mass is 229 g/mol. The van der Waals surface area contributed by atoms with Gasteiger partial charge in [-0.2, -0.15) is 0 Å². The lowest BCUT2D eigenvalue weighted by molar-refractivity contribution is 0.296. The summed E-state index contributed by atoms with van der Waals surface area (Å²) in [6.07, 6.45) is 0. The number of rotatable bonds is 4. The molecule has 0 spiro atoms. The summed E-state index contributed by atoms with van der Waals surface area (Å²) in [7, 11) is 0. The predicted molar refractivity (Wildman–Crippen MR) is 70.6 cm³/mol. The highest BCUT2D eigenvalue weighted by Crippen LogP contribution is 2.13. The van der Waals surface area contributed by atoms with Gasteiger partial charge in [-0.05, 0) is 50.6 Å². The van der Waals surface area contributed by atoms with Gasteiger partial charge in [0.1, 0.15) is 12.4 Å². The molecule has 17 heavy (non-hydrogen) atoms. The van der Waals surface area contributed by atoms with Gasteiger partial charge in [-0.15, -0.1) is 0 Å². The number of hydrogen-bond donors (Lipinski definition) is 0. The molecule has 2 heteroatoms. The topological polar surface area (TPSA) is 14.2 Å². The summed E-state index contributed by atoms with van der Waals surface area (Å²) in [5.41, 5.74) is 3.81. The smallest absolute Gasteiger partial charge is 0.119 e. The van der Waals surface area contributed by atoms with Crippen molar-refractivity contribution >= 4 is 0 Å². The van der Waals surface area contributed by atoms with E-state index in [-0.39, 0.29) is 0 Å². The fraction of sp³-hybridized carbons (Fsp3) is 0.333. The van der Waals surface area contributed by atoms with Crippen molar-refractivity contribution in [1.82, 2.24) is 4.57 Å². The molecule has 2 aromatic rings. The van der Waals surface area contributed by atoms with Crippen LogP contribution in [-0.2, 0) is 6.54 Å². The molecule has 0 aliphatic rings. The molecule has 2 nitrogen and oxygen atoms in total. The second kappa shape index (κ2) is 5.09. The van der Waals surface area contributed by atoms with Crippen LogP contribution in [0.25, 0.3) is 0 Å². The Morgan fingerprint density at radius 3 is 2.35 bits per heavy atom. The minimum Gasteiger partial charge on any atom is -0.492 e. The van der Waals surface area contributed by atoms with Crippen LogP contribution in [0.4, 0.5) is 0 Å². The maximum atomic E-state index is 5.75. The molecule has 1 aromatic heterocycles. The lowest BCUT2D eigenvalue weighted by atomic mass is 10.2. The molecule has 0 saturated carbocycles. The van der Waals surface area contributed by atoms with Gasteiger partial charge in [-0.3, -0.25) is 0 Å². The van der Waals surface area contributed by atoms with E-state index >= 15 is 0 Å². The van der Waals surface area contributed by atoms with Crippen LogP contribution in [-0.4, -0.2) is 11.2 Å². The zero-order valence-electron chi connectivity index (χ0n) is 10.7. The normalized spacial score (nSPS) is 10.5. The van der Waals surface area contributed by atoms with Crippen molar-refractivity contribution in [2.45, 2.75) is 27.3 Å². The molecular weight excluding hydrogens is 210 g/mol. The van der Waals surface area contributed by atoms with E-state index in [0.29, 0.717) is 6.61 Å². The second-order valence-electron chi connectivity index (χ2n) is 4.43. The summed E-state index contributed by atoms with van der Waals surface area (Å²) < 4.78 is 8.02. The third-order valence-corrected chi connectivity index (χ3v) is 2.99. The summed E-state index contributed by atoms with van der Waals surface area (Å²) >= 11 is 0.